The first-order valence-electron chi connectivity index (χ1n) is 9.55. The van der Waals surface area contributed by atoms with E-state index in [1.807, 2.05) is 37.4 Å². The van der Waals surface area contributed by atoms with Crippen LogP contribution in [-0.2, 0) is 13.1 Å². The summed E-state index contributed by atoms with van der Waals surface area (Å²) in [7, 11) is 0. The molecule has 0 bridgehead atoms. The SMILES string of the molecule is CCCn1c(=O)[nH]c(=O)c2cc(C(=O)Nc3cccc(Cn4cccn4)c3)cnc21. The number of aromatic amines is 1. The molecular formula is C21H20N6O3. The van der Waals surface area contributed by atoms with Gasteiger partial charge in [0.05, 0.1) is 17.5 Å². The maximum absolute atomic E-state index is 12.7. The van der Waals surface area contributed by atoms with Gasteiger partial charge in [0, 0.05) is 30.8 Å². The highest BCUT2D eigenvalue weighted by atomic mass is 16.2. The average molecular weight is 404 g/mol. The van der Waals surface area contributed by atoms with Crippen molar-refractivity contribution in [2.75, 3.05) is 5.32 Å². The van der Waals surface area contributed by atoms with Crippen molar-refractivity contribution in [3.8, 4) is 0 Å². The van der Waals surface area contributed by atoms with Gasteiger partial charge >= 0.3 is 5.69 Å². The van der Waals surface area contributed by atoms with Crippen LogP contribution in [0.2, 0.25) is 0 Å². The number of aryl methyl sites for hydroxylation is 1. The molecule has 0 saturated carbocycles. The molecule has 0 aliphatic heterocycles. The third-order valence-electron chi connectivity index (χ3n) is 4.63. The Hall–Kier alpha value is -4.01. The first-order chi connectivity index (χ1) is 14.5. The van der Waals surface area contributed by atoms with E-state index in [0.717, 1.165) is 5.56 Å². The highest BCUT2D eigenvalue weighted by Gasteiger charge is 2.13. The number of hydrogen-bond donors (Lipinski definition) is 2. The normalized spacial score (nSPS) is 11.0. The summed E-state index contributed by atoms with van der Waals surface area (Å²) in [4.78, 5) is 43.5. The zero-order chi connectivity index (χ0) is 21.1. The van der Waals surface area contributed by atoms with Crippen LogP contribution in [0.1, 0.15) is 29.3 Å². The quantitative estimate of drug-likeness (QED) is 0.510. The van der Waals surface area contributed by atoms with Crippen molar-refractivity contribution >= 4 is 22.6 Å². The van der Waals surface area contributed by atoms with Crippen LogP contribution in [0.5, 0.6) is 0 Å². The first-order valence-corrected chi connectivity index (χ1v) is 9.55. The van der Waals surface area contributed by atoms with E-state index in [-0.39, 0.29) is 16.6 Å². The van der Waals surface area contributed by atoms with Crippen molar-refractivity contribution in [2.45, 2.75) is 26.4 Å². The highest BCUT2D eigenvalue weighted by molar-refractivity contribution is 6.05. The largest absolute Gasteiger partial charge is 0.329 e. The number of H-pyrrole nitrogens is 1. The predicted molar refractivity (Wildman–Crippen MR) is 113 cm³/mol. The van der Waals surface area contributed by atoms with E-state index in [9.17, 15) is 14.4 Å². The van der Waals surface area contributed by atoms with Crippen molar-refractivity contribution in [1.82, 2.24) is 24.3 Å². The van der Waals surface area contributed by atoms with Crippen LogP contribution in [0.3, 0.4) is 0 Å². The van der Waals surface area contributed by atoms with E-state index < -0.39 is 17.2 Å². The van der Waals surface area contributed by atoms with E-state index >= 15 is 0 Å². The van der Waals surface area contributed by atoms with Crippen LogP contribution in [0, 0.1) is 0 Å². The van der Waals surface area contributed by atoms with Gasteiger partial charge in [0.25, 0.3) is 11.5 Å². The second kappa shape index (κ2) is 8.16. The fraction of sp³-hybridized carbons (Fsp3) is 0.190. The Morgan fingerprint density at radius 1 is 1.20 bits per heavy atom. The van der Waals surface area contributed by atoms with Crippen LogP contribution < -0.4 is 16.6 Å². The summed E-state index contributed by atoms with van der Waals surface area (Å²) < 4.78 is 3.19. The van der Waals surface area contributed by atoms with Crippen LogP contribution in [0.25, 0.3) is 11.0 Å². The molecule has 0 radical (unpaired) electrons. The van der Waals surface area contributed by atoms with Crippen molar-refractivity contribution in [3.05, 3.63) is 87.0 Å². The molecule has 2 N–H and O–H groups in total. The van der Waals surface area contributed by atoms with Gasteiger partial charge in [-0.3, -0.25) is 23.8 Å². The van der Waals surface area contributed by atoms with Crippen molar-refractivity contribution in [1.29, 1.82) is 0 Å². The van der Waals surface area contributed by atoms with E-state index in [1.165, 1.54) is 16.8 Å². The number of aromatic nitrogens is 5. The summed E-state index contributed by atoms with van der Waals surface area (Å²) in [6, 6.07) is 10.7. The fourth-order valence-electron chi connectivity index (χ4n) is 3.25. The molecule has 30 heavy (non-hydrogen) atoms. The minimum atomic E-state index is -0.564. The second-order valence-corrected chi connectivity index (χ2v) is 6.86. The lowest BCUT2D eigenvalue weighted by Gasteiger charge is -2.10. The van der Waals surface area contributed by atoms with Crippen LogP contribution in [0.15, 0.2) is 64.6 Å². The summed E-state index contributed by atoms with van der Waals surface area (Å²) in [6.07, 6.45) is 5.65. The molecule has 0 aliphatic rings. The molecule has 9 nitrogen and oxygen atoms in total. The van der Waals surface area contributed by atoms with Crippen molar-refractivity contribution < 1.29 is 4.79 Å². The predicted octanol–water partition coefficient (Wildman–Crippen LogP) is 1.99. The van der Waals surface area contributed by atoms with E-state index in [1.54, 1.807) is 16.9 Å². The van der Waals surface area contributed by atoms with Gasteiger partial charge in [-0.05, 0) is 36.2 Å². The lowest BCUT2D eigenvalue weighted by atomic mass is 10.1. The molecule has 1 aromatic carbocycles. The Morgan fingerprint density at radius 3 is 2.83 bits per heavy atom. The Bertz CT molecular complexity index is 1320. The van der Waals surface area contributed by atoms with E-state index in [2.05, 4.69) is 20.4 Å². The van der Waals surface area contributed by atoms with Crippen molar-refractivity contribution in [2.24, 2.45) is 0 Å². The molecule has 4 aromatic rings. The minimum Gasteiger partial charge on any atom is -0.322 e. The molecule has 1 amide bonds. The molecule has 0 unspecified atom stereocenters. The van der Waals surface area contributed by atoms with Crippen LogP contribution >= 0.6 is 0 Å². The van der Waals surface area contributed by atoms with Crippen LogP contribution in [-0.4, -0.2) is 30.2 Å². The molecule has 0 fully saturated rings. The lowest BCUT2D eigenvalue weighted by Crippen LogP contribution is -2.31. The smallest absolute Gasteiger partial charge is 0.322 e. The fourth-order valence-corrected chi connectivity index (χ4v) is 3.25. The highest BCUT2D eigenvalue weighted by Crippen LogP contribution is 2.15. The Kier molecular flexibility index (Phi) is 5.25. The number of pyridine rings is 1. The molecule has 3 heterocycles. The molecule has 9 heteroatoms. The Labute approximate surface area is 171 Å². The number of amides is 1. The lowest BCUT2D eigenvalue weighted by molar-refractivity contribution is 0.102. The van der Waals surface area contributed by atoms with E-state index in [0.29, 0.717) is 25.2 Å². The molecule has 0 atom stereocenters. The van der Waals surface area contributed by atoms with Gasteiger partial charge in [-0.25, -0.2) is 9.78 Å². The average Bonchev–Trinajstić information content (AvgIpc) is 3.24. The van der Waals surface area contributed by atoms with Gasteiger partial charge in [-0.2, -0.15) is 5.10 Å². The number of carbonyl (C=O) groups excluding carboxylic acids is 1. The maximum atomic E-state index is 12.7. The zero-order valence-electron chi connectivity index (χ0n) is 16.3. The number of nitrogens with zero attached hydrogens (tertiary/aromatic N) is 4. The summed E-state index contributed by atoms with van der Waals surface area (Å²) >= 11 is 0. The molecule has 152 valence electrons. The van der Waals surface area contributed by atoms with Gasteiger partial charge < -0.3 is 5.32 Å². The van der Waals surface area contributed by atoms with Crippen molar-refractivity contribution in [3.63, 3.8) is 0 Å². The molecular weight excluding hydrogens is 384 g/mol. The van der Waals surface area contributed by atoms with Gasteiger partial charge in [-0.1, -0.05) is 19.1 Å². The Morgan fingerprint density at radius 2 is 2.07 bits per heavy atom. The second-order valence-electron chi connectivity index (χ2n) is 6.86. The van der Waals surface area contributed by atoms with Gasteiger partial charge in [0.2, 0.25) is 0 Å². The summed E-state index contributed by atoms with van der Waals surface area (Å²) in [5.41, 5.74) is 1.03. The summed E-state index contributed by atoms with van der Waals surface area (Å²) in [6.45, 7) is 2.93. The number of nitrogens with one attached hydrogen (secondary N) is 2. The maximum Gasteiger partial charge on any atom is 0.329 e. The molecule has 4 rings (SSSR count). The third kappa shape index (κ3) is 3.90. The number of anilines is 1. The third-order valence-corrected chi connectivity index (χ3v) is 4.63. The van der Waals surface area contributed by atoms with Gasteiger partial charge in [-0.15, -0.1) is 0 Å². The standard InChI is InChI=1S/C21H20N6O3/c1-2-8-27-18-17(20(29)25-21(27)30)11-15(12-22-18)19(28)24-16-6-3-5-14(10-16)13-26-9-4-7-23-26/h3-7,9-12H,2,8,13H2,1H3,(H,24,28)(H,25,29,30). The number of fused-ring (bicyclic) bond motifs is 1. The number of benzene rings is 1. The number of carbonyl (C=O) groups is 1. The summed E-state index contributed by atoms with van der Waals surface area (Å²) in [5, 5.41) is 7.20. The monoisotopic (exact) mass is 404 g/mol. The molecule has 3 aromatic heterocycles. The van der Waals surface area contributed by atoms with Crippen LogP contribution in [0.4, 0.5) is 5.69 Å². The van der Waals surface area contributed by atoms with E-state index in [4.69, 9.17) is 0 Å². The van der Waals surface area contributed by atoms with Gasteiger partial charge in [0.15, 0.2) is 0 Å². The number of rotatable bonds is 6. The minimum absolute atomic E-state index is 0.197. The zero-order valence-corrected chi connectivity index (χ0v) is 16.3. The first kappa shape index (κ1) is 19.3. The summed E-state index contributed by atoms with van der Waals surface area (Å²) in [5.74, 6) is -0.395. The number of hydrogen-bond acceptors (Lipinski definition) is 5. The molecule has 0 spiro atoms. The topological polar surface area (TPSA) is 115 Å². The molecule has 0 saturated heterocycles. The van der Waals surface area contributed by atoms with Gasteiger partial charge in [0.1, 0.15) is 5.65 Å². The molecule has 0 aliphatic carbocycles. The Balaban J connectivity index is 1.61.